The number of nitrogens with one attached hydrogen (secondary N) is 1. The van der Waals surface area contributed by atoms with Gasteiger partial charge in [0, 0.05) is 48.8 Å². The third-order valence-electron chi connectivity index (χ3n) is 4.66. The summed E-state index contributed by atoms with van der Waals surface area (Å²) in [4.78, 5) is 28.9. The van der Waals surface area contributed by atoms with Crippen molar-refractivity contribution in [3.05, 3.63) is 102 Å². The van der Waals surface area contributed by atoms with Gasteiger partial charge in [-0.1, -0.05) is 12.1 Å². The molecule has 0 fully saturated rings. The van der Waals surface area contributed by atoms with Gasteiger partial charge in [0.1, 0.15) is 0 Å². The minimum atomic E-state index is -0.154. The Morgan fingerprint density at radius 1 is 0.931 bits per heavy atom. The Morgan fingerprint density at radius 3 is 2.24 bits per heavy atom. The molecular weight excluding hydrogens is 364 g/mol. The van der Waals surface area contributed by atoms with Crippen molar-refractivity contribution in [1.82, 2.24) is 14.1 Å². The molecule has 29 heavy (non-hydrogen) atoms. The largest absolute Gasteiger partial charge is 0.331 e. The number of hydrogen-bond donors (Lipinski definition) is 1. The zero-order valence-corrected chi connectivity index (χ0v) is 15.9. The second kappa shape index (κ2) is 7.98. The van der Waals surface area contributed by atoms with Gasteiger partial charge in [-0.25, -0.2) is 4.98 Å². The van der Waals surface area contributed by atoms with Crippen LogP contribution in [0.2, 0.25) is 0 Å². The average Bonchev–Trinajstić information content (AvgIpc) is 3.40. The molecule has 2 heterocycles. The van der Waals surface area contributed by atoms with Crippen LogP contribution in [-0.2, 0) is 18.3 Å². The maximum absolute atomic E-state index is 12.4. The highest BCUT2D eigenvalue weighted by molar-refractivity contribution is 6.07. The summed E-state index contributed by atoms with van der Waals surface area (Å²) >= 11 is 0. The molecule has 0 radical (unpaired) electrons. The summed E-state index contributed by atoms with van der Waals surface area (Å²) in [7, 11) is 1.78. The number of amides is 1. The molecular formula is C23H20N4O2. The Bertz CT molecular complexity index is 1120. The molecule has 1 amide bonds. The number of rotatable bonds is 6. The SMILES string of the molecule is Cn1ccnc1C(=O)c1ccc(NC(=O)Cc2ccc(-n3cccc3)cc2)cc1. The molecule has 0 spiro atoms. The number of anilines is 1. The molecule has 4 aromatic rings. The Morgan fingerprint density at radius 2 is 1.62 bits per heavy atom. The van der Waals surface area contributed by atoms with Crippen LogP contribution in [-0.4, -0.2) is 25.8 Å². The Balaban J connectivity index is 1.37. The van der Waals surface area contributed by atoms with Gasteiger partial charge < -0.3 is 14.5 Å². The molecule has 0 atom stereocenters. The van der Waals surface area contributed by atoms with Crippen molar-refractivity contribution in [2.75, 3.05) is 5.32 Å². The van der Waals surface area contributed by atoms with Crippen LogP contribution in [0.4, 0.5) is 5.69 Å². The van der Waals surface area contributed by atoms with Crippen LogP contribution in [0.3, 0.4) is 0 Å². The number of aryl methyl sites for hydroxylation is 1. The fourth-order valence-electron chi connectivity index (χ4n) is 3.10. The zero-order valence-electron chi connectivity index (χ0n) is 15.9. The quantitative estimate of drug-likeness (QED) is 0.516. The molecule has 144 valence electrons. The highest BCUT2D eigenvalue weighted by atomic mass is 16.1. The molecule has 0 bridgehead atoms. The van der Waals surface area contributed by atoms with Crippen molar-refractivity contribution in [3.63, 3.8) is 0 Å². The van der Waals surface area contributed by atoms with E-state index < -0.39 is 0 Å². The lowest BCUT2D eigenvalue weighted by molar-refractivity contribution is -0.115. The van der Waals surface area contributed by atoms with E-state index >= 15 is 0 Å². The first kappa shape index (κ1) is 18.4. The normalized spacial score (nSPS) is 10.7. The minimum absolute atomic E-state index is 0.109. The van der Waals surface area contributed by atoms with Gasteiger partial charge in [0.15, 0.2) is 5.82 Å². The van der Waals surface area contributed by atoms with Crippen LogP contribution in [0.5, 0.6) is 0 Å². The summed E-state index contributed by atoms with van der Waals surface area (Å²) in [5.41, 5.74) is 3.15. The number of hydrogen-bond acceptors (Lipinski definition) is 3. The molecule has 0 aliphatic rings. The number of ketones is 1. The van der Waals surface area contributed by atoms with Gasteiger partial charge >= 0.3 is 0 Å². The lowest BCUT2D eigenvalue weighted by Gasteiger charge is -2.08. The maximum Gasteiger partial charge on any atom is 0.228 e. The van der Waals surface area contributed by atoms with Crippen molar-refractivity contribution < 1.29 is 9.59 Å². The van der Waals surface area contributed by atoms with Gasteiger partial charge in [-0.05, 0) is 54.1 Å². The summed E-state index contributed by atoms with van der Waals surface area (Å²) in [6, 6.07) is 18.6. The van der Waals surface area contributed by atoms with Crippen LogP contribution in [0.1, 0.15) is 21.7 Å². The van der Waals surface area contributed by atoms with Gasteiger partial charge in [-0.2, -0.15) is 0 Å². The molecule has 6 nitrogen and oxygen atoms in total. The van der Waals surface area contributed by atoms with Crippen molar-refractivity contribution >= 4 is 17.4 Å². The van der Waals surface area contributed by atoms with E-state index in [-0.39, 0.29) is 18.1 Å². The molecule has 0 saturated carbocycles. The highest BCUT2D eigenvalue weighted by Crippen LogP contribution is 2.15. The lowest BCUT2D eigenvalue weighted by Crippen LogP contribution is -2.14. The van der Waals surface area contributed by atoms with Gasteiger partial charge in [-0.3, -0.25) is 9.59 Å². The molecule has 2 aromatic heterocycles. The summed E-state index contributed by atoms with van der Waals surface area (Å²) in [5.74, 6) is 0.116. The maximum atomic E-state index is 12.4. The Kier molecular flexibility index (Phi) is 5.07. The Hall–Kier alpha value is -3.93. The van der Waals surface area contributed by atoms with Crippen LogP contribution >= 0.6 is 0 Å². The lowest BCUT2D eigenvalue weighted by atomic mass is 10.1. The van der Waals surface area contributed by atoms with E-state index in [1.807, 2.05) is 53.4 Å². The van der Waals surface area contributed by atoms with Crippen LogP contribution in [0.25, 0.3) is 5.69 Å². The highest BCUT2D eigenvalue weighted by Gasteiger charge is 2.13. The topological polar surface area (TPSA) is 68.9 Å². The second-order valence-electron chi connectivity index (χ2n) is 6.75. The second-order valence-corrected chi connectivity index (χ2v) is 6.75. The smallest absolute Gasteiger partial charge is 0.228 e. The van der Waals surface area contributed by atoms with Crippen molar-refractivity contribution in [1.29, 1.82) is 0 Å². The fraction of sp³-hybridized carbons (Fsp3) is 0.0870. The van der Waals surface area contributed by atoms with Gasteiger partial charge in [0.25, 0.3) is 0 Å². The number of aromatic nitrogens is 3. The number of carbonyl (C=O) groups excluding carboxylic acids is 2. The predicted octanol–water partition coefficient (Wildman–Crippen LogP) is 3.62. The standard InChI is InChI=1S/C23H20N4O2/c1-26-15-12-24-23(26)22(29)18-6-8-19(9-7-18)25-21(28)16-17-4-10-20(11-5-17)27-13-2-3-14-27/h2-15H,16H2,1H3,(H,25,28). The van der Waals surface area contributed by atoms with Crippen LogP contribution in [0, 0.1) is 0 Å². The van der Waals surface area contributed by atoms with Crippen molar-refractivity contribution in [2.45, 2.75) is 6.42 Å². The fourth-order valence-corrected chi connectivity index (χ4v) is 3.10. The van der Waals surface area contributed by atoms with E-state index in [0.29, 0.717) is 17.1 Å². The molecule has 4 rings (SSSR count). The summed E-state index contributed by atoms with van der Waals surface area (Å²) in [5, 5.41) is 2.87. The molecule has 0 aliphatic heterocycles. The van der Waals surface area contributed by atoms with Crippen molar-refractivity contribution in [2.24, 2.45) is 7.05 Å². The summed E-state index contributed by atoms with van der Waals surface area (Å²) < 4.78 is 3.69. The van der Waals surface area contributed by atoms with Gasteiger partial charge in [0.05, 0.1) is 6.42 Å². The number of nitrogens with zero attached hydrogens (tertiary/aromatic N) is 3. The molecule has 2 aromatic carbocycles. The average molecular weight is 384 g/mol. The zero-order chi connectivity index (χ0) is 20.2. The van der Waals surface area contributed by atoms with E-state index in [1.165, 1.54) is 0 Å². The molecule has 6 heteroatoms. The molecule has 0 saturated heterocycles. The third kappa shape index (κ3) is 4.16. The number of carbonyl (C=O) groups is 2. The molecule has 0 aliphatic carbocycles. The van der Waals surface area contributed by atoms with Gasteiger partial charge in [0.2, 0.25) is 11.7 Å². The minimum Gasteiger partial charge on any atom is -0.331 e. The van der Waals surface area contributed by atoms with E-state index in [2.05, 4.69) is 10.3 Å². The van der Waals surface area contributed by atoms with E-state index in [4.69, 9.17) is 0 Å². The van der Waals surface area contributed by atoms with Gasteiger partial charge in [-0.15, -0.1) is 0 Å². The van der Waals surface area contributed by atoms with Crippen molar-refractivity contribution in [3.8, 4) is 5.69 Å². The number of imidazole rings is 1. The first-order valence-electron chi connectivity index (χ1n) is 9.24. The summed E-state index contributed by atoms with van der Waals surface area (Å²) in [6.45, 7) is 0. The Labute approximate surface area is 168 Å². The first-order valence-corrected chi connectivity index (χ1v) is 9.24. The first-order chi connectivity index (χ1) is 14.1. The van der Waals surface area contributed by atoms with E-state index in [9.17, 15) is 9.59 Å². The van der Waals surface area contributed by atoms with E-state index in [1.54, 1.807) is 48.3 Å². The van der Waals surface area contributed by atoms with Crippen LogP contribution < -0.4 is 5.32 Å². The molecule has 1 N–H and O–H groups in total. The van der Waals surface area contributed by atoms with E-state index in [0.717, 1.165) is 11.3 Å². The number of benzene rings is 2. The third-order valence-corrected chi connectivity index (χ3v) is 4.66. The monoisotopic (exact) mass is 384 g/mol. The molecule has 0 unspecified atom stereocenters. The van der Waals surface area contributed by atoms with Crippen LogP contribution in [0.15, 0.2) is 85.5 Å². The summed E-state index contributed by atoms with van der Waals surface area (Å²) in [6.07, 6.45) is 7.55. The predicted molar refractivity (Wildman–Crippen MR) is 111 cm³/mol.